The average molecular weight is 1520 g/mol. The highest BCUT2D eigenvalue weighted by Gasteiger charge is 2.30. The van der Waals surface area contributed by atoms with Crippen molar-refractivity contribution in [3.8, 4) is 0 Å². The van der Waals surface area contributed by atoms with E-state index in [9.17, 15) is 43.2 Å². The number of phosphoric acid groups is 2. The fourth-order valence-electron chi connectivity index (χ4n) is 9.35. The lowest BCUT2D eigenvalue weighted by Gasteiger charge is -2.21. The number of carbonyl (C=O) groups is 4. The molecule has 3 N–H and O–H groups in total. The third-order valence-electron chi connectivity index (χ3n) is 15.2. The minimum absolute atomic E-state index is 0.0184. The number of esters is 4. The van der Waals surface area contributed by atoms with Gasteiger partial charge in [0.15, 0.2) is 12.2 Å². The monoisotopic (exact) mass is 1510 g/mol. The summed E-state index contributed by atoms with van der Waals surface area (Å²) in [4.78, 5) is 72.9. The van der Waals surface area contributed by atoms with E-state index in [0.717, 1.165) is 161 Å². The zero-order valence-corrected chi connectivity index (χ0v) is 66.8. The summed E-state index contributed by atoms with van der Waals surface area (Å²) >= 11 is 0. The van der Waals surface area contributed by atoms with Crippen LogP contribution in [0, 0.1) is 0 Å². The van der Waals surface area contributed by atoms with Gasteiger partial charge in [-0.2, -0.15) is 0 Å². The summed E-state index contributed by atoms with van der Waals surface area (Å²) in [6.45, 7) is 4.25. The zero-order chi connectivity index (χ0) is 77.4. The molecule has 0 radical (unpaired) electrons. The maximum absolute atomic E-state index is 13.1. The van der Waals surface area contributed by atoms with Crippen LogP contribution in [0.5, 0.6) is 0 Å². The molecule has 0 saturated heterocycles. The van der Waals surface area contributed by atoms with Crippen molar-refractivity contribution in [2.75, 3.05) is 39.6 Å². The Morgan fingerprint density at radius 3 is 0.858 bits per heavy atom. The van der Waals surface area contributed by atoms with Crippen LogP contribution in [0.25, 0.3) is 0 Å². The van der Waals surface area contributed by atoms with Crippen LogP contribution in [-0.2, 0) is 65.4 Å². The smallest absolute Gasteiger partial charge is 0.462 e. The van der Waals surface area contributed by atoms with Gasteiger partial charge in [-0.25, -0.2) is 9.13 Å². The molecule has 0 aromatic carbocycles. The fourth-order valence-corrected chi connectivity index (χ4v) is 10.9. The topological polar surface area (TPSA) is 237 Å². The third kappa shape index (κ3) is 75.9. The van der Waals surface area contributed by atoms with Crippen LogP contribution >= 0.6 is 15.6 Å². The second-order valence-electron chi connectivity index (χ2n) is 25.1. The summed E-state index contributed by atoms with van der Waals surface area (Å²) in [6, 6.07) is 0. The van der Waals surface area contributed by atoms with Crippen LogP contribution in [0.1, 0.15) is 259 Å². The Morgan fingerprint density at radius 1 is 0.274 bits per heavy atom. The molecular formula is C87H136O17P2. The highest BCUT2D eigenvalue weighted by atomic mass is 31.2. The molecule has 5 atom stereocenters. The lowest BCUT2D eigenvalue weighted by Crippen LogP contribution is -2.30. The number of aliphatic hydroxyl groups excluding tert-OH is 1. The number of rotatable bonds is 71. The molecule has 0 bridgehead atoms. The van der Waals surface area contributed by atoms with Crippen molar-refractivity contribution in [3.05, 3.63) is 207 Å². The minimum atomic E-state index is -5.02. The first-order chi connectivity index (χ1) is 51.7. The molecule has 0 spiro atoms. The Bertz CT molecular complexity index is 2830. The summed E-state index contributed by atoms with van der Waals surface area (Å²) < 4.78 is 68.4. The number of hydrogen-bond acceptors (Lipinski definition) is 15. The standard InChI is InChI=1S/C87H136O17P2/c1-5-9-13-17-21-25-29-32-35-38-40-43-46-49-53-56-60-64-68-72-85(90)98-78-83(104-87(92)74-70-66-62-58-54-50-47-44-41-39-36-33-30-26-22-18-14-10-6-2)80-102-106(95,96)100-76-81(88)75-99-105(93,94)101-79-82(103-86(91)73-69-65-61-57-51-28-24-20-16-12-8-4)77-97-84(89)71-67-63-59-55-52-48-45-42-37-34-31-27-23-19-15-11-7-3/h9-11,13-15,20-27,32-37,40-41,43-45,48-50,53-55,59-60,64,81-83,88H,5-8,12,16-19,28-31,38-39,42,46-47,51-52,56-58,61-63,65-80H2,1-4H3,(H,93,94)(H,95,96)/b13-9-,14-10-,15-11-,24-20-,25-21-,26-22-,27-23-,35-32-,36-33-,37-34-,43-40-,44-41-,48-45-,53-49-,54-50-,59-55-,64-60-. The highest BCUT2D eigenvalue weighted by molar-refractivity contribution is 7.47. The maximum Gasteiger partial charge on any atom is 0.472 e. The predicted octanol–water partition coefficient (Wildman–Crippen LogP) is 23.1. The fraction of sp³-hybridized carbons (Fsp3) is 0.563. The number of unbranched alkanes of at least 4 members (excludes halogenated alkanes) is 11. The summed E-state index contributed by atoms with van der Waals surface area (Å²) in [7, 11) is -10.0. The van der Waals surface area contributed by atoms with Gasteiger partial charge in [-0.15, -0.1) is 0 Å². The molecule has 0 aliphatic heterocycles. The van der Waals surface area contributed by atoms with Gasteiger partial charge in [0.05, 0.1) is 26.4 Å². The molecule has 19 heteroatoms. The van der Waals surface area contributed by atoms with Crippen LogP contribution in [0.4, 0.5) is 0 Å². The molecule has 0 aliphatic rings. The van der Waals surface area contributed by atoms with Crippen molar-refractivity contribution in [3.63, 3.8) is 0 Å². The van der Waals surface area contributed by atoms with E-state index in [0.29, 0.717) is 38.5 Å². The van der Waals surface area contributed by atoms with Crippen LogP contribution in [0.3, 0.4) is 0 Å². The van der Waals surface area contributed by atoms with Crippen molar-refractivity contribution in [2.24, 2.45) is 0 Å². The van der Waals surface area contributed by atoms with E-state index in [1.54, 1.807) is 0 Å². The molecule has 0 fully saturated rings. The SMILES string of the molecule is CC/C=C\C/C=C\C/C=C\C/C=C\C/C=C\C/C=C\CCC(=O)OCC(COP(=O)(O)OCC(O)COP(=O)(O)OCC(COC(=O)CCC/C=C\C/C=C\C/C=C\C/C=C\C/C=C\CC)OC(=O)CCCCCCC/C=C\CCCC)OC(=O)CCCCC/C=C\C/C=C\C/C=C\C/C=C\C/C=C\CC. The van der Waals surface area contributed by atoms with E-state index >= 15 is 0 Å². The van der Waals surface area contributed by atoms with E-state index < -0.39 is 97.5 Å². The van der Waals surface area contributed by atoms with Gasteiger partial charge >= 0.3 is 39.5 Å². The van der Waals surface area contributed by atoms with Crippen molar-refractivity contribution in [1.29, 1.82) is 0 Å². The van der Waals surface area contributed by atoms with Gasteiger partial charge in [0.2, 0.25) is 0 Å². The van der Waals surface area contributed by atoms with Crippen LogP contribution in [0.15, 0.2) is 207 Å². The third-order valence-corrected chi connectivity index (χ3v) is 17.1. The van der Waals surface area contributed by atoms with E-state index in [1.165, 1.54) is 6.42 Å². The van der Waals surface area contributed by atoms with Gasteiger partial charge in [0.25, 0.3) is 0 Å². The Balaban J connectivity index is 5.52. The normalized spacial score (nSPS) is 15.0. The van der Waals surface area contributed by atoms with E-state index in [4.69, 9.17) is 37.0 Å². The van der Waals surface area contributed by atoms with Gasteiger partial charge in [-0.05, 0) is 167 Å². The van der Waals surface area contributed by atoms with Gasteiger partial charge in [-0.1, -0.05) is 273 Å². The molecule has 0 saturated carbocycles. The second-order valence-corrected chi connectivity index (χ2v) is 28.1. The Morgan fingerprint density at radius 2 is 0.519 bits per heavy atom. The number of carbonyl (C=O) groups excluding carboxylic acids is 4. The maximum atomic E-state index is 13.1. The molecule has 17 nitrogen and oxygen atoms in total. The molecule has 596 valence electrons. The highest BCUT2D eigenvalue weighted by Crippen LogP contribution is 2.45. The lowest BCUT2D eigenvalue weighted by atomic mass is 10.1. The van der Waals surface area contributed by atoms with Crippen molar-refractivity contribution >= 4 is 39.5 Å². The van der Waals surface area contributed by atoms with Gasteiger partial charge in [0, 0.05) is 25.7 Å². The first-order valence-electron chi connectivity index (χ1n) is 39.3. The molecular weight excluding hydrogens is 1380 g/mol. The molecule has 5 unspecified atom stereocenters. The summed E-state index contributed by atoms with van der Waals surface area (Å²) in [5.41, 5.74) is 0. The molecule has 0 aromatic rings. The Kier molecular flexibility index (Phi) is 72.2. The minimum Gasteiger partial charge on any atom is -0.462 e. The number of ether oxygens (including phenoxy) is 4. The van der Waals surface area contributed by atoms with Gasteiger partial charge in [-0.3, -0.25) is 37.3 Å². The molecule has 106 heavy (non-hydrogen) atoms. The number of hydrogen-bond donors (Lipinski definition) is 3. The Labute approximate surface area is 639 Å². The van der Waals surface area contributed by atoms with Crippen LogP contribution in [0.2, 0.25) is 0 Å². The number of aliphatic hydroxyl groups is 1. The quantitative estimate of drug-likeness (QED) is 0.0169. The molecule has 0 heterocycles. The average Bonchev–Trinajstić information content (AvgIpc) is 0.901. The van der Waals surface area contributed by atoms with E-state index in [1.807, 2.05) is 30.4 Å². The van der Waals surface area contributed by atoms with Crippen molar-refractivity contribution in [2.45, 2.75) is 277 Å². The molecule has 0 aliphatic carbocycles. The number of phosphoric ester groups is 2. The van der Waals surface area contributed by atoms with Crippen LogP contribution in [-0.4, -0.2) is 96.7 Å². The van der Waals surface area contributed by atoms with Crippen LogP contribution < -0.4 is 0 Å². The van der Waals surface area contributed by atoms with Gasteiger partial charge < -0.3 is 33.8 Å². The molecule has 0 rings (SSSR count). The second kappa shape index (κ2) is 76.8. The summed E-state index contributed by atoms with van der Waals surface area (Å²) in [6.07, 6.45) is 95.6. The van der Waals surface area contributed by atoms with Crippen molar-refractivity contribution in [1.82, 2.24) is 0 Å². The zero-order valence-electron chi connectivity index (χ0n) is 65.0. The molecule has 0 amide bonds. The Hall–Kier alpha value is -6.36. The van der Waals surface area contributed by atoms with Gasteiger partial charge in [0.1, 0.15) is 19.3 Å². The van der Waals surface area contributed by atoms with E-state index in [-0.39, 0.29) is 25.7 Å². The predicted molar refractivity (Wildman–Crippen MR) is 435 cm³/mol. The summed E-state index contributed by atoms with van der Waals surface area (Å²) in [5.74, 6) is -2.42. The number of allylic oxidation sites excluding steroid dienone is 34. The summed E-state index contributed by atoms with van der Waals surface area (Å²) in [5, 5.41) is 10.6. The largest absolute Gasteiger partial charge is 0.472 e. The first kappa shape index (κ1) is 99.6. The lowest BCUT2D eigenvalue weighted by molar-refractivity contribution is -0.161. The van der Waals surface area contributed by atoms with Crippen molar-refractivity contribution < 1.29 is 80.2 Å². The molecule has 0 aromatic heterocycles. The first-order valence-corrected chi connectivity index (χ1v) is 42.3. The van der Waals surface area contributed by atoms with E-state index in [2.05, 4.69) is 204 Å².